The van der Waals surface area contributed by atoms with Crippen LogP contribution in [0.3, 0.4) is 0 Å². The number of ether oxygens (including phenoxy) is 3. The van der Waals surface area contributed by atoms with Gasteiger partial charge in [0.15, 0.2) is 17.5 Å². The van der Waals surface area contributed by atoms with E-state index in [-0.39, 0.29) is 6.42 Å². The second-order valence-electron chi connectivity index (χ2n) is 11.7. The molecular weight excluding hydrogens is 454 g/mol. The normalized spacial score (nSPS) is 44.4. The van der Waals surface area contributed by atoms with Crippen LogP contribution in [0.25, 0.3) is 0 Å². The fraction of sp³-hybridized carbons (Fsp3) is 0.808. The van der Waals surface area contributed by atoms with Gasteiger partial charge in [0.1, 0.15) is 11.7 Å². The van der Waals surface area contributed by atoms with Crippen molar-refractivity contribution in [2.75, 3.05) is 6.54 Å². The van der Waals surface area contributed by atoms with Crippen molar-refractivity contribution in [1.82, 2.24) is 5.32 Å². The SMILES string of the molecule is C=C[C@@]1(C)CC(=O)[C@]2(O)[C@@]3(C)[C@@H](O)CCC(C)(C)[C@@H]3[C@H](OC(=O)NCCC)[C@H](OC(C)=O)[C@@]2(C)O1. The zero-order valence-corrected chi connectivity index (χ0v) is 22.0. The van der Waals surface area contributed by atoms with E-state index in [4.69, 9.17) is 14.2 Å². The van der Waals surface area contributed by atoms with Gasteiger partial charge < -0.3 is 29.7 Å². The zero-order chi connectivity index (χ0) is 26.6. The Bertz CT molecular complexity index is 904. The standard InChI is InChI=1S/C26H41NO8/c1-9-13-27-21(31)34-18-19-22(4,5)12-11-16(29)24(19,7)26(32)17(30)14-23(6,10-2)35-25(26,8)20(18)33-15(3)28/h10,16,18-20,29,32H,2,9,11-14H2,1,3-8H3,(H,27,31)/t16-,18-,19-,20-,23-,24-,25+,26-/m0/s1. The number of esters is 1. The van der Waals surface area contributed by atoms with Gasteiger partial charge in [0.25, 0.3) is 0 Å². The largest absolute Gasteiger partial charge is 0.455 e. The number of aliphatic hydroxyl groups excluding tert-OH is 1. The van der Waals surface area contributed by atoms with Crippen molar-refractivity contribution in [2.24, 2.45) is 16.7 Å². The van der Waals surface area contributed by atoms with Crippen LogP contribution in [0, 0.1) is 16.7 Å². The quantitative estimate of drug-likeness (QED) is 0.392. The van der Waals surface area contributed by atoms with Crippen LogP contribution in [-0.4, -0.2) is 69.7 Å². The summed E-state index contributed by atoms with van der Waals surface area (Å²) >= 11 is 0. The summed E-state index contributed by atoms with van der Waals surface area (Å²) in [5, 5.41) is 26.6. The van der Waals surface area contributed by atoms with Gasteiger partial charge in [-0.25, -0.2) is 4.79 Å². The van der Waals surface area contributed by atoms with E-state index >= 15 is 0 Å². The lowest BCUT2D eigenvalue weighted by molar-refractivity contribution is -0.369. The molecule has 3 fully saturated rings. The molecule has 0 bridgehead atoms. The third kappa shape index (κ3) is 3.90. The predicted octanol–water partition coefficient (Wildman–Crippen LogP) is 2.66. The summed E-state index contributed by atoms with van der Waals surface area (Å²) in [5.74, 6) is -1.96. The smallest absolute Gasteiger partial charge is 0.407 e. The molecule has 0 unspecified atom stereocenters. The molecule has 9 heteroatoms. The molecule has 3 N–H and O–H groups in total. The molecule has 3 rings (SSSR count). The van der Waals surface area contributed by atoms with Crippen LogP contribution in [0.1, 0.15) is 74.1 Å². The first-order chi connectivity index (χ1) is 16.0. The summed E-state index contributed by atoms with van der Waals surface area (Å²) in [7, 11) is 0. The maximum atomic E-state index is 13.9. The van der Waals surface area contributed by atoms with Gasteiger partial charge in [-0.15, -0.1) is 6.58 Å². The summed E-state index contributed by atoms with van der Waals surface area (Å²) in [6.45, 7) is 16.0. The number of alkyl carbamates (subject to hydrolysis) is 1. The van der Waals surface area contributed by atoms with E-state index in [1.807, 2.05) is 20.8 Å². The Hall–Kier alpha value is -1.97. The lowest BCUT2D eigenvalue weighted by atomic mass is 9.39. The molecule has 0 radical (unpaired) electrons. The highest BCUT2D eigenvalue weighted by atomic mass is 16.6. The van der Waals surface area contributed by atoms with Gasteiger partial charge in [0, 0.05) is 31.2 Å². The molecule has 9 nitrogen and oxygen atoms in total. The molecule has 0 spiro atoms. The van der Waals surface area contributed by atoms with Gasteiger partial charge in [-0.05, 0) is 38.5 Å². The van der Waals surface area contributed by atoms with Gasteiger partial charge in [0.2, 0.25) is 0 Å². The van der Waals surface area contributed by atoms with Crippen LogP contribution in [0.15, 0.2) is 12.7 Å². The molecule has 8 atom stereocenters. The maximum absolute atomic E-state index is 13.9. The monoisotopic (exact) mass is 495 g/mol. The van der Waals surface area contributed by atoms with E-state index in [2.05, 4.69) is 11.9 Å². The number of hydrogen-bond donors (Lipinski definition) is 3. The molecule has 3 aliphatic rings. The number of ketones is 1. The van der Waals surface area contributed by atoms with Gasteiger partial charge in [0.05, 0.1) is 11.7 Å². The highest BCUT2D eigenvalue weighted by molar-refractivity contribution is 5.92. The highest BCUT2D eigenvalue weighted by Gasteiger charge is 2.82. The summed E-state index contributed by atoms with van der Waals surface area (Å²) < 4.78 is 18.1. The molecule has 1 heterocycles. The van der Waals surface area contributed by atoms with Gasteiger partial charge in [-0.2, -0.15) is 0 Å². The fourth-order valence-electron chi connectivity index (χ4n) is 7.13. The first-order valence-corrected chi connectivity index (χ1v) is 12.4. The second kappa shape index (κ2) is 8.85. The number of carbonyl (C=O) groups is 3. The Labute approximate surface area is 207 Å². The van der Waals surface area contributed by atoms with Crippen molar-refractivity contribution < 1.29 is 38.8 Å². The first-order valence-electron chi connectivity index (χ1n) is 12.4. The summed E-state index contributed by atoms with van der Waals surface area (Å²) in [6.07, 6.45) is -1.40. The number of carbonyl (C=O) groups excluding carboxylic acids is 3. The van der Waals surface area contributed by atoms with Crippen molar-refractivity contribution in [3.8, 4) is 0 Å². The van der Waals surface area contributed by atoms with Crippen molar-refractivity contribution in [3.63, 3.8) is 0 Å². The number of nitrogens with one attached hydrogen (secondary N) is 1. The van der Waals surface area contributed by atoms with E-state index in [0.29, 0.717) is 25.8 Å². The topological polar surface area (TPSA) is 131 Å². The minimum Gasteiger partial charge on any atom is -0.455 e. The highest BCUT2D eigenvalue weighted by Crippen LogP contribution is 2.67. The maximum Gasteiger partial charge on any atom is 0.407 e. The van der Waals surface area contributed by atoms with E-state index in [9.17, 15) is 24.6 Å². The zero-order valence-electron chi connectivity index (χ0n) is 22.0. The lowest BCUT2D eigenvalue weighted by Crippen LogP contribution is -2.87. The predicted molar refractivity (Wildman–Crippen MR) is 127 cm³/mol. The summed E-state index contributed by atoms with van der Waals surface area (Å²) in [6, 6.07) is 0. The molecule has 198 valence electrons. The lowest BCUT2D eigenvalue weighted by Gasteiger charge is -2.71. The van der Waals surface area contributed by atoms with Crippen LogP contribution in [0.5, 0.6) is 0 Å². The second-order valence-corrected chi connectivity index (χ2v) is 11.7. The van der Waals surface area contributed by atoms with Crippen LogP contribution < -0.4 is 5.32 Å². The minimum atomic E-state index is -2.25. The number of Topliss-reactive ketones (excluding diaryl/α,β-unsaturated/α-hetero) is 1. The van der Waals surface area contributed by atoms with Crippen LogP contribution in [0.4, 0.5) is 4.79 Å². The number of rotatable bonds is 5. The molecule has 1 amide bonds. The average molecular weight is 496 g/mol. The molecule has 2 aliphatic carbocycles. The molecule has 2 saturated carbocycles. The Morgan fingerprint density at radius 3 is 2.40 bits per heavy atom. The van der Waals surface area contributed by atoms with Crippen LogP contribution >= 0.6 is 0 Å². The van der Waals surface area contributed by atoms with E-state index < -0.39 is 69.7 Å². The van der Waals surface area contributed by atoms with Gasteiger partial charge in [-0.3, -0.25) is 9.59 Å². The third-order valence-corrected chi connectivity index (χ3v) is 8.76. The number of amides is 1. The molecule has 0 aromatic heterocycles. The Morgan fingerprint density at radius 2 is 1.86 bits per heavy atom. The van der Waals surface area contributed by atoms with Gasteiger partial charge >= 0.3 is 12.1 Å². The number of fused-ring (bicyclic) bond motifs is 3. The number of hydrogen-bond acceptors (Lipinski definition) is 8. The number of aliphatic hydroxyl groups is 2. The molecule has 35 heavy (non-hydrogen) atoms. The average Bonchev–Trinajstić information content (AvgIpc) is 2.75. The minimum absolute atomic E-state index is 0.173. The van der Waals surface area contributed by atoms with Crippen molar-refractivity contribution in [2.45, 2.75) is 109 Å². The van der Waals surface area contributed by atoms with Crippen LogP contribution in [-0.2, 0) is 23.8 Å². The first kappa shape index (κ1) is 27.6. The van der Waals surface area contributed by atoms with Crippen molar-refractivity contribution in [1.29, 1.82) is 0 Å². The van der Waals surface area contributed by atoms with Crippen molar-refractivity contribution >= 4 is 17.8 Å². The van der Waals surface area contributed by atoms with Crippen LogP contribution in [0.2, 0.25) is 0 Å². The van der Waals surface area contributed by atoms with E-state index in [1.165, 1.54) is 19.9 Å². The molecule has 1 aliphatic heterocycles. The van der Waals surface area contributed by atoms with E-state index in [1.54, 1.807) is 13.8 Å². The molecular formula is C26H41NO8. The summed E-state index contributed by atoms with van der Waals surface area (Å²) in [4.78, 5) is 39.1. The van der Waals surface area contributed by atoms with Crippen molar-refractivity contribution in [3.05, 3.63) is 12.7 Å². The summed E-state index contributed by atoms with van der Waals surface area (Å²) in [5.41, 5.74) is -7.35. The third-order valence-electron chi connectivity index (χ3n) is 8.76. The molecule has 0 aromatic carbocycles. The Balaban J connectivity index is 2.32. The van der Waals surface area contributed by atoms with E-state index in [0.717, 1.165) is 0 Å². The fourth-order valence-corrected chi connectivity index (χ4v) is 7.13. The van der Waals surface area contributed by atoms with Gasteiger partial charge in [-0.1, -0.05) is 33.8 Å². The molecule has 1 saturated heterocycles. The Kier molecular flexibility index (Phi) is 6.98. The Morgan fingerprint density at radius 1 is 1.23 bits per heavy atom. The molecule has 0 aromatic rings.